The first kappa shape index (κ1) is 11.0. The molecule has 1 atom stereocenters. The number of thiophene rings is 1. The van der Waals surface area contributed by atoms with Crippen LogP contribution in [0.2, 0.25) is 0 Å². The molecule has 0 aliphatic carbocycles. The molecule has 1 N–H and O–H groups in total. The van der Waals surface area contributed by atoms with Gasteiger partial charge in [-0.2, -0.15) is 0 Å². The van der Waals surface area contributed by atoms with Crippen LogP contribution in [0.1, 0.15) is 11.8 Å². The predicted molar refractivity (Wildman–Crippen MR) is 60.8 cm³/mol. The molecule has 0 saturated heterocycles. The van der Waals surface area contributed by atoms with E-state index in [1.807, 2.05) is 11.3 Å². The molecule has 1 nitrogen and oxygen atoms in total. The summed E-state index contributed by atoms with van der Waals surface area (Å²) in [4.78, 5) is 1.45. The first-order valence-corrected chi connectivity index (χ1v) is 6.03. The third-order valence-corrected chi connectivity index (χ3v) is 3.35. The lowest BCUT2D eigenvalue weighted by atomic mass is 10.2. The lowest BCUT2D eigenvalue weighted by Gasteiger charge is -2.07. The van der Waals surface area contributed by atoms with E-state index in [1.165, 1.54) is 4.88 Å². The van der Waals surface area contributed by atoms with Crippen LogP contribution in [0.15, 0.2) is 17.5 Å². The van der Waals surface area contributed by atoms with E-state index in [-0.39, 0.29) is 0 Å². The maximum absolute atomic E-state index is 5.69. The van der Waals surface area contributed by atoms with Gasteiger partial charge in [0.15, 0.2) is 0 Å². The van der Waals surface area contributed by atoms with Crippen molar-refractivity contribution in [3.8, 4) is 0 Å². The fourth-order valence-electron chi connectivity index (χ4n) is 1.07. The Labute approximate surface area is 89.1 Å². The number of hydrogen-bond donors (Lipinski definition) is 1. The highest BCUT2D eigenvalue weighted by Gasteiger charge is 1.98. The van der Waals surface area contributed by atoms with Crippen molar-refractivity contribution in [2.45, 2.75) is 13.3 Å². The fourth-order valence-corrected chi connectivity index (χ4v) is 1.89. The van der Waals surface area contributed by atoms with E-state index in [9.17, 15) is 0 Å². The minimum atomic E-state index is 0.574. The van der Waals surface area contributed by atoms with Crippen molar-refractivity contribution >= 4 is 22.9 Å². The number of alkyl halides is 1. The summed E-state index contributed by atoms with van der Waals surface area (Å²) in [6.07, 6.45) is 1.13. The number of hydrogen-bond acceptors (Lipinski definition) is 2. The van der Waals surface area contributed by atoms with Gasteiger partial charge in [0.05, 0.1) is 0 Å². The van der Waals surface area contributed by atoms with Crippen LogP contribution in [0, 0.1) is 5.92 Å². The maximum Gasteiger partial charge on any atom is 0.0261 e. The molecule has 0 saturated carbocycles. The zero-order chi connectivity index (χ0) is 9.52. The Morgan fingerprint density at radius 2 is 2.46 bits per heavy atom. The molecule has 0 spiro atoms. The van der Waals surface area contributed by atoms with Gasteiger partial charge in [0.1, 0.15) is 0 Å². The summed E-state index contributed by atoms with van der Waals surface area (Å²) >= 11 is 7.51. The molecular weight excluding hydrogens is 202 g/mol. The lowest BCUT2D eigenvalue weighted by Crippen LogP contribution is -2.24. The second kappa shape index (κ2) is 6.41. The Morgan fingerprint density at radius 1 is 1.62 bits per heavy atom. The largest absolute Gasteiger partial charge is 0.316 e. The SMILES string of the molecule is CC(CCl)CNCCc1cccs1. The van der Waals surface area contributed by atoms with E-state index in [2.05, 4.69) is 29.8 Å². The normalized spacial score (nSPS) is 13.1. The smallest absolute Gasteiger partial charge is 0.0261 e. The molecule has 0 bridgehead atoms. The Kier molecular flexibility index (Phi) is 5.44. The molecule has 0 aromatic carbocycles. The first-order chi connectivity index (χ1) is 6.33. The van der Waals surface area contributed by atoms with Gasteiger partial charge in [-0.05, 0) is 36.9 Å². The van der Waals surface area contributed by atoms with Gasteiger partial charge in [0.25, 0.3) is 0 Å². The zero-order valence-electron chi connectivity index (χ0n) is 7.92. The van der Waals surface area contributed by atoms with Gasteiger partial charge >= 0.3 is 0 Å². The number of halogens is 1. The van der Waals surface area contributed by atoms with Crippen molar-refractivity contribution < 1.29 is 0 Å². The molecule has 1 aromatic heterocycles. The lowest BCUT2D eigenvalue weighted by molar-refractivity contribution is 0.560. The number of nitrogens with one attached hydrogen (secondary N) is 1. The van der Waals surface area contributed by atoms with Gasteiger partial charge in [-0.3, -0.25) is 0 Å². The molecule has 0 aliphatic heterocycles. The van der Waals surface area contributed by atoms with Crippen LogP contribution in [0.4, 0.5) is 0 Å². The van der Waals surface area contributed by atoms with Gasteiger partial charge in [-0.1, -0.05) is 13.0 Å². The minimum Gasteiger partial charge on any atom is -0.316 e. The topological polar surface area (TPSA) is 12.0 Å². The van der Waals surface area contributed by atoms with Gasteiger partial charge in [0, 0.05) is 10.8 Å². The molecule has 0 aliphatic rings. The molecule has 74 valence electrons. The van der Waals surface area contributed by atoms with Crippen molar-refractivity contribution in [2.75, 3.05) is 19.0 Å². The highest BCUT2D eigenvalue weighted by atomic mass is 35.5. The Hall–Kier alpha value is -0.0500. The Morgan fingerprint density at radius 3 is 3.08 bits per heavy atom. The van der Waals surface area contributed by atoms with Crippen LogP contribution in [0.25, 0.3) is 0 Å². The summed E-state index contributed by atoms with van der Waals surface area (Å²) in [5.41, 5.74) is 0. The van der Waals surface area contributed by atoms with Gasteiger partial charge < -0.3 is 5.32 Å². The number of rotatable bonds is 6. The Balaban J connectivity index is 2.02. The summed E-state index contributed by atoms with van der Waals surface area (Å²) in [7, 11) is 0. The molecule has 1 aromatic rings. The summed E-state index contributed by atoms with van der Waals surface area (Å²) in [6, 6.07) is 4.28. The van der Waals surface area contributed by atoms with Crippen LogP contribution in [0.3, 0.4) is 0 Å². The fraction of sp³-hybridized carbons (Fsp3) is 0.600. The average Bonchev–Trinajstić information content (AvgIpc) is 2.64. The van der Waals surface area contributed by atoms with Crippen molar-refractivity contribution in [2.24, 2.45) is 5.92 Å². The molecular formula is C10H16ClNS. The molecule has 0 amide bonds. The highest BCUT2D eigenvalue weighted by molar-refractivity contribution is 7.09. The molecule has 0 radical (unpaired) electrons. The third-order valence-electron chi connectivity index (χ3n) is 1.88. The summed E-state index contributed by atoms with van der Waals surface area (Å²) < 4.78 is 0. The molecule has 3 heteroatoms. The van der Waals surface area contributed by atoms with E-state index < -0.39 is 0 Å². The van der Waals surface area contributed by atoms with Crippen LogP contribution >= 0.6 is 22.9 Å². The van der Waals surface area contributed by atoms with Crippen molar-refractivity contribution in [3.05, 3.63) is 22.4 Å². The van der Waals surface area contributed by atoms with E-state index in [0.717, 1.165) is 25.4 Å². The summed E-state index contributed by atoms with van der Waals surface area (Å²) in [5.74, 6) is 1.32. The predicted octanol–water partition coefficient (Wildman–Crippen LogP) is 2.76. The van der Waals surface area contributed by atoms with Crippen LogP contribution in [-0.2, 0) is 6.42 Å². The van der Waals surface area contributed by atoms with Crippen LogP contribution in [-0.4, -0.2) is 19.0 Å². The van der Waals surface area contributed by atoms with Crippen molar-refractivity contribution in [3.63, 3.8) is 0 Å². The quantitative estimate of drug-likeness (QED) is 0.571. The molecule has 1 rings (SSSR count). The van der Waals surface area contributed by atoms with Gasteiger partial charge in [0.2, 0.25) is 0 Å². The first-order valence-electron chi connectivity index (χ1n) is 4.62. The molecule has 13 heavy (non-hydrogen) atoms. The van der Waals surface area contributed by atoms with Crippen LogP contribution in [0.5, 0.6) is 0 Å². The molecule has 0 fully saturated rings. The Bertz CT molecular complexity index is 211. The van der Waals surface area contributed by atoms with Gasteiger partial charge in [-0.15, -0.1) is 22.9 Å². The molecule has 1 heterocycles. The van der Waals surface area contributed by atoms with E-state index in [4.69, 9.17) is 11.6 Å². The van der Waals surface area contributed by atoms with E-state index in [1.54, 1.807) is 0 Å². The monoisotopic (exact) mass is 217 g/mol. The molecule has 1 unspecified atom stereocenters. The van der Waals surface area contributed by atoms with Gasteiger partial charge in [-0.25, -0.2) is 0 Å². The van der Waals surface area contributed by atoms with E-state index >= 15 is 0 Å². The standard InChI is InChI=1S/C10H16ClNS/c1-9(7-11)8-12-5-4-10-3-2-6-13-10/h2-3,6,9,12H,4-5,7-8H2,1H3. The third kappa shape index (κ3) is 4.65. The second-order valence-corrected chi connectivity index (χ2v) is 4.63. The highest BCUT2D eigenvalue weighted by Crippen LogP contribution is 2.08. The zero-order valence-corrected chi connectivity index (χ0v) is 9.50. The van der Waals surface area contributed by atoms with Crippen molar-refractivity contribution in [1.29, 1.82) is 0 Å². The average molecular weight is 218 g/mol. The maximum atomic E-state index is 5.69. The van der Waals surface area contributed by atoms with E-state index in [0.29, 0.717) is 5.92 Å². The van der Waals surface area contributed by atoms with Crippen LogP contribution < -0.4 is 5.32 Å². The second-order valence-electron chi connectivity index (χ2n) is 3.29. The summed E-state index contributed by atoms with van der Waals surface area (Å²) in [6.45, 7) is 4.24. The summed E-state index contributed by atoms with van der Waals surface area (Å²) in [5, 5.41) is 5.52. The van der Waals surface area contributed by atoms with Crippen molar-refractivity contribution in [1.82, 2.24) is 5.32 Å². The minimum absolute atomic E-state index is 0.574.